The van der Waals surface area contributed by atoms with E-state index >= 15 is 0 Å². The van der Waals surface area contributed by atoms with Crippen molar-refractivity contribution in [1.82, 2.24) is 4.98 Å². The van der Waals surface area contributed by atoms with Gasteiger partial charge in [-0.1, -0.05) is 34.5 Å². The van der Waals surface area contributed by atoms with Crippen molar-refractivity contribution >= 4 is 51.5 Å². The van der Waals surface area contributed by atoms with E-state index in [1.54, 1.807) is 13.8 Å². The van der Waals surface area contributed by atoms with Gasteiger partial charge in [-0.05, 0) is 13.8 Å². The molecular weight excluding hydrogens is 287 g/mol. The second-order valence-electron chi connectivity index (χ2n) is 2.94. The Labute approximate surface area is 112 Å². The highest BCUT2D eigenvalue weighted by Gasteiger charge is 2.19. The lowest BCUT2D eigenvalue weighted by atomic mass is 10.4. The first kappa shape index (κ1) is 14.2. The van der Waals surface area contributed by atoms with Gasteiger partial charge in [-0.2, -0.15) is 0 Å². The normalized spacial score (nSPS) is 10.4. The maximum absolute atomic E-state index is 11.5. The Morgan fingerprint density at radius 2 is 2.18 bits per heavy atom. The Bertz CT molecular complexity index is 434. The van der Waals surface area contributed by atoms with Crippen LogP contribution in [0.1, 0.15) is 22.3 Å². The summed E-state index contributed by atoms with van der Waals surface area (Å²) in [4.78, 5) is 25.9. The van der Waals surface area contributed by atoms with Crippen LogP contribution in [0.5, 0.6) is 0 Å². The summed E-state index contributed by atoms with van der Waals surface area (Å²) in [6.07, 6.45) is 0. The minimum atomic E-state index is -1.18. The molecule has 0 aromatic carbocycles. The molecule has 0 bridgehead atoms. The number of thiazole rings is 1. The molecule has 0 saturated carbocycles. The van der Waals surface area contributed by atoms with Gasteiger partial charge < -0.3 is 4.74 Å². The molecule has 0 aliphatic rings. The monoisotopic (exact) mass is 296 g/mol. The molecular formula is C9H10Cl2N2O3S. The highest BCUT2D eigenvalue weighted by molar-refractivity contribution is 7.17. The van der Waals surface area contributed by atoms with Crippen molar-refractivity contribution in [2.24, 2.45) is 0 Å². The third-order valence-electron chi connectivity index (χ3n) is 1.69. The largest absolute Gasteiger partial charge is 0.462 e. The molecule has 0 unspecified atom stereocenters. The third-order valence-corrected chi connectivity index (χ3v) is 3.14. The first-order valence-electron chi connectivity index (χ1n) is 4.69. The Hall–Kier alpha value is -0.850. The van der Waals surface area contributed by atoms with Gasteiger partial charge in [0.25, 0.3) is 5.91 Å². The fourth-order valence-electron chi connectivity index (χ4n) is 0.996. The van der Waals surface area contributed by atoms with Gasteiger partial charge in [0, 0.05) is 0 Å². The van der Waals surface area contributed by atoms with Crippen LogP contribution in [-0.2, 0) is 9.53 Å². The van der Waals surface area contributed by atoms with Crippen LogP contribution in [0.25, 0.3) is 0 Å². The molecule has 1 amide bonds. The van der Waals surface area contributed by atoms with Gasteiger partial charge in [-0.15, -0.1) is 0 Å². The van der Waals surface area contributed by atoms with Crippen molar-refractivity contribution in [3.05, 3.63) is 10.6 Å². The second kappa shape index (κ2) is 6.18. The van der Waals surface area contributed by atoms with Gasteiger partial charge in [-0.3, -0.25) is 10.1 Å². The molecule has 0 spiro atoms. The number of halogens is 2. The number of amides is 1. The predicted octanol–water partition coefficient (Wildman–Crippen LogP) is 2.37. The zero-order valence-electron chi connectivity index (χ0n) is 9.12. The fraction of sp³-hybridized carbons (Fsp3) is 0.444. The van der Waals surface area contributed by atoms with Crippen LogP contribution in [0.2, 0.25) is 0 Å². The van der Waals surface area contributed by atoms with Gasteiger partial charge in [0.05, 0.1) is 12.3 Å². The summed E-state index contributed by atoms with van der Waals surface area (Å²) in [6.45, 7) is 3.64. The van der Waals surface area contributed by atoms with Gasteiger partial charge >= 0.3 is 5.97 Å². The average molecular weight is 297 g/mol. The Morgan fingerprint density at radius 1 is 1.53 bits per heavy atom. The number of ether oxygens (including phenoxy) is 1. The number of anilines is 1. The fourth-order valence-corrected chi connectivity index (χ4v) is 1.97. The Morgan fingerprint density at radius 3 is 2.71 bits per heavy atom. The minimum Gasteiger partial charge on any atom is -0.462 e. The Balaban J connectivity index is 2.81. The predicted molar refractivity (Wildman–Crippen MR) is 66.9 cm³/mol. The van der Waals surface area contributed by atoms with E-state index in [1.807, 2.05) is 0 Å². The van der Waals surface area contributed by atoms with Crippen molar-refractivity contribution < 1.29 is 14.3 Å². The number of carbonyl (C=O) groups excluding carboxylic acids is 2. The molecule has 17 heavy (non-hydrogen) atoms. The maximum Gasteiger partial charge on any atom is 0.350 e. The summed E-state index contributed by atoms with van der Waals surface area (Å²) in [7, 11) is 0. The zero-order chi connectivity index (χ0) is 13.0. The molecule has 0 radical (unpaired) electrons. The molecule has 1 aromatic rings. The number of esters is 1. The number of rotatable bonds is 4. The summed E-state index contributed by atoms with van der Waals surface area (Å²) >= 11 is 11.8. The molecule has 1 heterocycles. The van der Waals surface area contributed by atoms with E-state index in [0.717, 1.165) is 11.3 Å². The van der Waals surface area contributed by atoms with Crippen molar-refractivity contribution in [3.8, 4) is 0 Å². The maximum atomic E-state index is 11.5. The molecule has 1 aromatic heterocycles. The molecule has 1 rings (SSSR count). The number of hydrogen-bond donors (Lipinski definition) is 1. The van der Waals surface area contributed by atoms with Gasteiger partial charge in [0.1, 0.15) is 4.88 Å². The number of aryl methyl sites for hydroxylation is 1. The van der Waals surface area contributed by atoms with Crippen molar-refractivity contribution in [1.29, 1.82) is 0 Å². The molecule has 0 aliphatic heterocycles. The number of alkyl halides is 2. The number of hydrogen-bond acceptors (Lipinski definition) is 5. The highest BCUT2D eigenvalue weighted by Crippen LogP contribution is 2.24. The van der Waals surface area contributed by atoms with Crippen LogP contribution in [0.15, 0.2) is 0 Å². The van der Waals surface area contributed by atoms with E-state index in [0.29, 0.717) is 10.6 Å². The van der Waals surface area contributed by atoms with Crippen LogP contribution in [0.4, 0.5) is 5.13 Å². The molecule has 8 heteroatoms. The van der Waals surface area contributed by atoms with E-state index in [1.165, 1.54) is 0 Å². The summed E-state index contributed by atoms with van der Waals surface area (Å²) in [6, 6.07) is 0. The average Bonchev–Trinajstić information content (AvgIpc) is 2.59. The standard InChI is InChI=1S/C9H10Cl2N2O3S/c1-3-16-8(15)5-4(2)12-9(17-5)13-7(14)6(10)11/h6H,3H2,1-2H3,(H,12,13,14). The Kier molecular flexibility index (Phi) is 5.17. The summed E-state index contributed by atoms with van der Waals surface area (Å²) in [5, 5.41) is 2.66. The third kappa shape index (κ3) is 3.83. The van der Waals surface area contributed by atoms with Gasteiger partial charge in [0.2, 0.25) is 0 Å². The first-order chi connectivity index (χ1) is 7.95. The highest BCUT2D eigenvalue weighted by atomic mass is 35.5. The zero-order valence-corrected chi connectivity index (χ0v) is 11.4. The molecule has 5 nitrogen and oxygen atoms in total. The van der Waals surface area contributed by atoms with Crippen LogP contribution in [0.3, 0.4) is 0 Å². The summed E-state index contributed by atoms with van der Waals surface area (Å²) in [5.74, 6) is -1.05. The second-order valence-corrected chi connectivity index (χ2v) is 5.04. The molecule has 0 fully saturated rings. The lowest BCUT2D eigenvalue weighted by Gasteiger charge is -2.00. The van der Waals surface area contributed by atoms with E-state index in [2.05, 4.69) is 10.3 Å². The van der Waals surface area contributed by atoms with Crippen molar-refractivity contribution in [2.75, 3.05) is 11.9 Å². The van der Waals surface area contributed by atoms with E-state index in [-0.39, 0.29) is 11.7 Å². The van der Waals surface area contributed by atoms with Gasteiger partial charge in [0.15, 0.2) is 9.97 Å². The molecule has 1 N–H and O–H groups in total. The quantitative estimate of drug-likeness (QED) is 0.684. The van der Waals surface area contributed by atoms with Crippen LogP contribution >= 0.6 is 34.5 Å². The first-order valence-corrected chi connectivity index (χ1v) is 6.38. The van der Waals surface area contributed by atoms with E-state index in [9.17, 15) is 9.59 Å². The molecule has 94 valence electrons. The van der Waals surface area contributed by atoms with E-state index in [4.69, 9.17) is 27.9 Å². The number of carbonyl (C=O) groups is 2. The smallest absolute Gasteiger partial charge is 0.350 e. The van der Waals surface area contributed by atoms with Crippen LogP contribution in [-0.4, -0.2) is 28.3 Å². The number of nitrogens with zero attached hydrogens (tertiary/aromatic N) is 1. The van der Waals surface area contributed by atoms with Crippen molar-refractivity contribution in [2.45, 2.75) is 18.7 Å². The van der Waals surface area contributed by atoms with Crippen LogP contribution < -0.4 is 5.32 Å². The lowest BCUT2D eigenvalue weighted by Crippen LogP contribution is -2.18. The van der Waals surface area contributed by atoms with Gasteiger partial charge in [-0.25, -0.2) is 9.78 Å². The minimum absolute atomic E-state index is 0.266. The lowest BCUT2D eigenvalue weighted by molar-refractivity contribution is -0.114. The molecule has 0 atom stereocenters. The van der Waals surface area contributed by atoms with E-state index < -0.39 is 16.7 Å². The van der Waals surface area contributed by atoms with Crippen molar-refractivity contribution in [3.63, 3.8) is 0 Å². The number of nitrogens with one attached hydrogen (secondary N) is 1. The molecule has 0 saturated heterocycles. The summed E-state index contributed by atoms with van der Waals surface area (Å²) in [5.41, 5.74) is 0.490. The number of aromatic nitrogens is 1. The summed E-state index contributed by atoms with van der Waals surface area (Å²) < 4.78 is 4.84. The van der Waals surface area contributed by atoms with Crippen LogP contribution in [0, 0.1) is 6.92 Å². The SMILES string of the molecule is CCOC(=O)c1sc(NC(=O)C(Cl)Cl)nc1C. The topological polar surface area (TPSA) is 68.3 Å². The molecule has 0 aliphatic carbocycles.